The van der Waals surface area contributed by atoms with Crippen LogP contribution in [-0.4, -0.2) is 18.1 Å². The van der Waals surface area contributed by atoms with E-state index in [0.29, 0.717) is 10.0 Å². The molecule has 3 nitrogen and oxygen atoms in total. The fourth-order valence-corrected chi connectivity index (χ4v) is 3.15. The summed E-state index contributed by atoms with van der Waals surface area (Å²) >= 11 is 12.3. The van der Waals surface area contributed by atoms with Gasteiger partial charge in [-0.15, -0.1) is 0 Å². The van der Waals surface area contributed by atoms with Gasteiger partial charge >= 0.3 is 0 Å². The normalized spacial score (nSPS) is 14.6. The lowest BCUT2D eigenvalue weighted by Gasteiger charge is -2.21. The van der Waals surface area contributed by atoms with Gasteiger partial charge in [0.25, 0.3) is 0 Å². The SMILES string of the molecule is CCNC(c1cccc2c1OCC2)c1ncc(Cl)cc1Cl. The highest BCUT2D eigenvalue weighted by Crippen LogP contribution is 2.37. The highest BCUT2D eigenvalue weighted by atomic mass is 35.5. The van der Waals surface area contributed by atoms with Crippen LogP contribution in [0.4, 0.5) is 0 Å². The Hall–Kier alpha value is -1.29. The predicted molar refractivity (Wildman–Crippen MR) is 85.4 cm³/mol. The summed E-state index contributed by atoms with van der Waals surface area (Å²) < 4.78 is 5.81. The van der Waals surface area contributed by atoms with Gasteiger partial charge in [-0.2, -0.15) is 0 Å². The molecular weight excluding hydrogens is 307 g/mol. The third kappa shape index (κ3) is 2.86. The third-order valence-electron chi connectivity index (χ3n) is 3.57. The molecule has 2 aromatic rings. The fourth-order valence-electron chi connectivity index (χ4n) is 2.66. The number of nitrogens with zero attached hydrogens (tertiary/aromatic N) is 1. The van der Waals surface area contributed by atoms with Crippen molar-refractivity contribution >= 4 is 23.2 Å². The van der Waals surface area contributed by atoms with E-state index in [9.17, 15) is 0 Å². The van der Waals surface area contributed by atoms with Crippen LogP contribution in [0.3, 0.4) is 0 Å². The molecule has 0 saturated heterocycles. The summed E-state index contributed by atoms with van der Waals surface area (Å²) in [5, 5.41) is 4.53. The Bertz CT molecular complexity index is 661. The van der Waals surface area contributed by atoms with Crippen LogP contribution < -0.4 is 10.1 Å². The molecule has 0 amide bonds. The van der Waals surface area contributed by atoms with Crippen LogP contribution in [0.1, 0.15) is 29.8 Å². The van der Waals surface area contributed by atoms with E-state index < -0.39 is 0 Å². The van der Waals surface area contributed by atoms with Gasteiger partial charge in [-0.25, -0.2) is 0 Å². The molecule has 21 heavy (non-hydrogen) atoms. The second-order valence-corrected chi connectivity index (χ2v) is 5.79. The molecule has 1 aliphatic rings. The molecule has 1 atom stereocenters. The van der Waals surface area contributed by atoms with Gasteiger partial charge in [0.15, 0.2) is 0 Å². The summed E-state index contributed by atoms with van der Waals surface area (Å²) in [4.78, 5) is 4.42. The molecule has 0 radical (unpaired) electrons. The monoisotopic (exact) mass is 322 g/mol. The predicted octanol–water partition coefficient (Wildman–Crippen LogP) is 4.02. The molecule has 1 aromatic carbocycles. The number of para-hydroxylation sites is 1. The Labute approximate surface area is 134 Å². The highest BCUT2D eigenvalue weighted by molar-refractivity contribution is 6.34. The number of aromatic nitrogens is 1. The zero-order valence-corrected chi connectivity index (χ0v) is 13.2. The van der Waals surface area contributed by atoms with Crippen molar-refractivity contribution in [3.8, 4) is 5.75 Å². The van der Waals surface area contributed by atoms with Gasteiger partial charge in [0.1, 0.15) is 5.75 Å². The molecule has 0 spiro atoms. The summed E-state index contributed by atoms with van der Waals surface area (Å²) in [5.41, 5.74) is 3.08. The van der Waals surface area contributed by atoms with E-state index in [-0.39, 0.29) is 6.04 Å². The minimum absolute atomic E-state index is 0.104. The Morgan fingerprint density at radius 1 is 1.38 bits per heavy atom. The van der Waals surface area contributed by atoms with Gasteiger partial charge < -0.3 is 10.1 Å². The quantitative estimate of drug-likeness (QED) is 0.923. The number of ether oxygens (including phenoxy) is 1. The van der Waals surface area contributed by atoms with Crippen molar-refractivity contribution in [1.82, 2.24) is 10.3 Å². The summed E-state index contributed by atoms with van der Waals surface area (Å²) in [5.74, 6) is 0.955. The van der Waals surface area contributed by atoms with E-state index in [1.54, 1.807) is 12.3 Å². The maximum absolute atomic E-state index is 6.33. The van der Waals surface area contributed by atoms with Crippen LogP contribution in [0, 0.1) is 0 Å². The van der Waals surface area contributed by atoms with E-state index in [4.69, 9.17) is 27.9 Å². The van der Waals surface area contributed by atoms with E-state index in [1.807, 2.05) is 0 Å². The first kappa shape index (κ1) is 14.6. The zero-order chi connectivity index (χ0) is 14.8. The van der Waals surface area contributed by atoms with Crippen LogP contribution in [-0.2, 0) is 6.42 Å². The second-order valence-electron chi connectivity index (χ2n) is 4.95. The molecule has 1 N–H and O–H groups in total. The number of halogens is 2. The van der Waals surface area contributed by atoms with Crippen LogP contribution in [0.5, 0.6) is 5.75 Å². The van der Waals surface area contributed by atoms with E-state index in [1.165, 1.54) is 5.56 Å². The van der Waals surface area contributed by atoms with Gasteiger partial charge in [-0.05, 0) is 18.2 Å². The third-order valence-corrected chi connectivity index (χ3v) is 4.08. The minimum atomic E-state index is -0.104. The maximum Gasteiger partial charge on any atom is 0.127 e. The standard InChI is InChI=1S/C16H16Cl2N2O/c1-2-19-14(15-13(18)8-11(17)9-20-15)12-5-3-4-10-6-7-21-16(10)12/h3-5,8-9,14,19H,2,6-7H2,1H3. The van der Waals surface area contributed by atoms with Crippen LogP contribution in [0.15, 0.2) is 30.5 Å². The lowest BCUT2D eigenvalue weighted by molar-refractivity contribution is 0.350. The average Bonchev–Trinajstić information content (AvgIpc) is 2.94. The van der Waals surface area contributed by atoms with Crippen molar-refractivity contribution in [2.24, 2.45) is 0 Å². The molecule has 0 bridgehead atoms. The zero-order valence-electron chi connectivity index (χ0n) is 11.7. The van der Waals surface area contributed by atoms with Gasteiger partial charge in [0, 0.05) is 18.2 Å². The molecule has 2 heterocycles. The minimum Gasteiger partial charge on any atom is -0.493 e. The Morgan fingerprint density at radius 2 is 2.24 bits per heavy atom. The van der Waals surface area contributed by atoms with Gasteiger partial charge in [0.05, 0.1) is 28.4 Å². The number of hydrogen-bond acceptors (Lipinski definition) is 3. The van der Waals surface area contributed by atoms with Crippen LogP contribution in [0.25, 0.3) is 0 Å². The second kappa shape index (κ2) is 6.22. The number of pyridine rings is 1. The molecule has 0 aliphatic carbocycles. The number of benzene rings is 1. The molecular formula is C16H16Cl2N2O. The molecule has 1 unspecified atom stereocenters. The molecule has 1 aromatic heterocycles. The number of nitrogens with one attached hydrogen (secondary N) is 1. The molecule has 3 rings (SSSR count). The largest absolute Gasteiger partial charge is 0.493 e. The summed E-state index contributed by atoms with van der Waals surface area (Å²) in [6.07, 6.45) is 2.57. The van der Waals surface area contributed by atoms with Crippen molar-refractivity contribution in [2.75, 3.05) is 13.2 Å². The van der Waals surface area contributed by atoms with E-state index >= 15 is 0 Å². The first-order valence-electron chi connectivity index (χ1n) is 6.99. The summed E-state index contributed by atoms with van der Waals surface area (Å²) in [7, 11) is 0. The van der Waals surface area contributed by atoms with Crippen molar-refractivity contribution in [3.63, 3.8) is 0 Å². The Balaban J connectivity index is 2.08. The topological polar surface area (TPSA) is 34.1 Å². The molecule has 0 fully saturated rings. The van der Waals surface area contributed by atoms with Gasteiger partial charge in [-0.3, -0.25) is 4.98 Å². The summed E-state index contributed by atoms with van der Waals surface area (Å²) in [6.45, 7) is 3.59. The number of hydrogen-bond donors (Lipinski definition) is 1. The lowest BCUT2D eigenvalue weighted by atomic mass is 9.99. The Kier molecular flexibility index (Phi) is 4.34. The van der Waals surface area contributed by atoms with Crippen molar-refractivity contribution in [1.29, 1.82) is 0 Å². The number of fused-ring (bicyclic) bond motifs is 1. The summed E-state index contributed by atoms with van der Waals surface area (Å²) in [6, 6.07) is 7.83. The van der Waals surface area contributed by atoms with E-state index in [2.05, 4.69) is 35.4 Å². The van der Waals surface area contributed by atoms with Crippen LogP contribution >= 0.6 is 23.2 Å². The molecule has 5 heteroatoms. The Morgan fingerprint density at radius 3 is 3.00 bits per heavy atom. The first-order valence-corrected chi connectivity index (χ1v) is 7.75. The van der Waals surface area contributed by atoms with Gasteiger partial charge in [-0.1, -0.05) is 48.3 Å². The van der Waals surface area contributed by atoms with Crippen molar-refractivity contribution in [3.05, 3.63) is 57.3 Å². The maximum atomic E-state index is 6.33. The fraction of sp³-hybridized carbons (Fsp3) is 0.312. The van der Waals surface area contributed by atoms with E-state index in [0.717, 1.165) is 36.6 Å². The molecule has 0 saturated carbocycles. The molecule has 1 aliphatic heterocycles. The number of rotatable bonds is 4. The first-order chi connectivity index (χ1) is 10.2. The lowest BCUT2D eigenvalue weighted by Crippen LogP contribution is -2.23. The highest BCUT2D eigenvalue weighted by Gasteiger charge is 2.25. The van der Waals surface area contributed by atoms with Crippen molar-refractivity contribution < 1.29 is 4.74 Å². The smallest absolute Gasteiger partial charge is 0.127 e. The average molecular weight is 323 g/mol. The van der Waals surface area contributed by atoms with Gasteiger partial charge in [0.2, 0.25) is 0 Å². The van der Waals surface area contributed by atoms with Crippen LogP contribution in [0.2, 0.25) is 10.0 Å². The van der Waals surface area contributed by atoms with Crippen molar-refractivity contribution in [2.45, 2.75) is 19.4 Å². The molecule has 110 valence electrons.